The molecule has 26 heavy (non-hydrogen) atoms. The standard InChI is InChI=1S/C19H20N2O4S/c1-12(2)26(23,24)13(3)18(22)20-15-10-8-14(9-11-15)19-21-16-6-4-5-7-17(16)25-19/h4-13H,1-3H3,(H,20,22)/t13-/m0/s1. The lowest BCUT2D eigenvalue weighted by atomic mass is 10.2. The molecule has 0 spiro atoms. The molecule has 0 saturated heterocycles. The minimum atomic E-state index is -3.50. The number of oxazole rings is 1. The number of nitrogens with one attached hydrogen (secondary N) is 1. The number of benzene rings is 2. The number of amides is 1. The molecule has 1 atom stereocenters. The summed E-state index contributed by atoms with van der Waals surface area (Å²) in [5.41, 5.74) is 2.75. The maximum atomic E-state index is 12.2. The normalized spacial score (nSPS) is 13.1. The number of fused-ring (bicyclic) bond motifs is 1. The van der Waals surface area contributed by atoms with Crippen molar-refractivity contribution in [1.29, 1.82) is 0 Å². The van der Waals surface area contributed by atoms with Crippen LogP contribution in [0, 0.1) is 0 Å². The molecule has 0 radical (unpaired) electrons. The Labute approximate surface area is 152 Å². The van der Waals surface area contributed by atoms with Crippen LogP contribution in [0.5, 0.6) is 0 Å². The van der Waals surface area contributed by atoms with Crippen molar-refractivity contribution in [1.82, 2.24) is 4.98 Å². The van der Waals surface area contributed by atoms with E-state index in [9.17, 15) is 13.2 Å². The summed E-state index contributed by atoms with van der Waals surface area (Å²) in [4.78, 5) is 16.6. The first-order valence-electron chi connectivity index (χ1n) is 8.28. The van der Waals surface area contributed by atoms with E-state index in [-0.39, 0.29) is 0 Å². The molecule has 0 fully saturated rings. The molecule has 0 bridgehead atoms. The molecule has 1 amide bonds. The van der Waals surface area contributed by atoms with E-state index in [0.29, 0.717) is 17.2 Å². The van der Waals surface area contributed by atoms with E-state index in [1.54, 1.807) is 38.1 Å². The van der Waals surface area contributed by atoms with Crippen molar-refractivity contribution in [2.45, 2.75) is 31.3 Å². The molecule has 7 heteroatoms. The van der Waals surface area contributed by atoms with Crippen molar-refractivity contribution in [3.8, 4) is 11.5 Å². The molecule has 2 aromatic carbocycles. The fraction of sp³-hybridized carbons (Fsp3) is 0.263. The molecule has 1 aromatic heterocycles. The van der Waals surface area contributed by atoms with Gasteiger partial charge in [-0.3, -0.25) is 4.79 Å². The fourth-order valence-electron chi connectivity index (χ4n) is 2.49. The second-order valence-corrected chi connectivity index (χ2v) is 9.16. The number of anilines is 1. The number of para-hydroxylation sites is 2. The van der Waals surface area contributed by atoms with Gasteiger partial charge in [-0.15, -0.1) is 0 Å². The molecule has 0 unspecified atom stereocenters. The van der Waals surface area contributed by atoms with E-state index in [1.165, 1.54) is 6.92 Å². The van der Waals surface area contributed by atoms with Crippen LogP contribution < -0.4 is 5.32 Å². The maximum absolute atomic E-state index is 12.2. The van der Waals surface area contributed by atoms with Crippen LogP contribution in [0.15, 0.2) is 52.9 Å². The summed E-state index contributed by atoms with van der Waals surface area (Å²) in [5, 5.41) is 0.920. The lowest BCUT2D eigenvalue weighted by molar-refractivity contribution is -0.115. The van der Waals surface area contributed by atoms with Crippen LogP contribution in [0.25, 0.3) is 22.6 Å². The van der Waals surface area contributed by atoms with Crippen molar-refractivity contribution in [3.05, 3.63) is 48.5 Å². The number of hydrogen-bond donors (Lipinski definition) is 1. The molecule has 3 rings (SSSR count). The van der Waals surface area contributed by atoms with E-state index in [0.717, 1.165) is 11.1 Å². The van der Waals surface area contributed by atoms with Crippen molar-refractivity contribution >= 4 is 32.5 Å². The minimum absolute atomic E-state index is 0.486. The summed E-state index contributed by atoms with van der Waals surface area (Å²) in [6.45, 7) is 4.53. The van der Waals surface area contributed by atoms with Crippen molar-refractivity contribution in [3.63, 3.8) is 0 Å². The van der Waals surface area contributed by atoms with E-state index in [2.05, 4.69) is 10.3 Å². The Kier molecular flexibility index (Phi) is 4.82. The minimum Gasteiger partial charge on any atom is -0.436 e. The lowest BCUT2D eigenvalue weighted by Crippen LogP contribution is -2.36. The third-order valence-corrected chi connectivity index (χ3v) is 6.73. The zero-order valence-corrected chi connectivity index (χ0v) is 15.6. The molecular formula is C19H20N2O4S. The highest BCUT2D eigenvalue weighted by atomic mass is 32.2. The third-order valence-electron chi connectivity index (χ3n) is 4.21. The van der Waals surface area contributed by atoms with Gasteiger partial charge in [0.25, 0.3) is 0 Å². The fourth-order valence-corrected chi connectivity index (χ4v) is 3.67. The number of aromatic nitrogens is 1. The van der Waals surface area contributed by atoms with E-state index >= 15 is 0 Å². The van der Waals surface area contributed by atoms with Crippen molar-refractivity contribution in [2.75, 3.05) is 5.32 Å². The van der Waals surface area contributed by atoms with E-state index in [1.807, 2.05) is 24.3 Å². The van der Waals surface area contributed by atoms with Crippen LogP contribution in [-0.4, -0.2) is 29.8 Å². The maximum Gasteiger partial charge on any atom is 0.242 e. The summed E-state index contributed by atoms with van der Waals surface area (Å²) >= 11 is 0. The van der Waals surface area contributed by atoms with Crippen molar-refractivity contribution in [2.24, 2.45) is 0 Å². The third kappa shape index (κ3) is 3.48. The van der Waals surface area contributed by atoms with Crippen LogP contribution in [0.4, 0.5) is 5.69 Å². The van der Waals surface area contributed by atoms with Crippen LogP contribution in [0.3, 0.4) is 0 Å². The average Bonchev–Trinajstić information content (AvgIpc) is 3.05. The molecule has 3 aromatic rings. The highest BCUT2D eigenvalue weighted by molar-refractivity contribution is 7.93. The molecule has 6 nitrogen and oxygen atoms in total. The molecule has 1 N–H and O–H groups in total. The molecule has 136 valence electrons. The number of sulfone groups is 1. The average molecular weight is 372 g/mol. The Morgan fingerprint density at radius 2 is 1.69 bits per heavy atom. The Morgan fingerprint density at radius 1 is 1.04 bits per heavy atom. The van der Waals surface area contributed by atoms with Gasteiger partial charge in [-0.05, 0) is 57.2 Å². The van der Waals surface area contributed by atoms with Gasteiger partial charge in [0, 0.05) is 11.3 Å². The second kappa shape index (κ2) is 6.92. The molecule has 0 saturated carbocycles. The zero-order chi connectivity index (χ0) is 18.9. The Hall–Kier alpha value is -2.67. The largest absolute Gasteiger partial charge is 0.436 e. The summed E-state index contributed by atoms with van der Waals surface area (Å²) < 4.78 is 29.9. The summed E-state index contributed by atoms with van der Waals surface area (Å²) in [6.07, 6.45) is 0. The summed E-state index contributed by atoms with van der Waals surface area (Å²) in [6, 6.07) is 14.4. The van der Waals surface area contributed by atoms with E-state index < -0.39 is 26.2 Å². The molecule has 0 aliphatic heterocycles. The predicted molar refractivity (Wildman–Crippen MR) is 102 cm³/mol. The zero-order valence-electron chi connectivity index (χ0n) is 14.8. The van der Waals surface area contributed by atoms with Gasteiger partial charge >= 0.3 is 0 Å². The summed E-state index contributed by atoms with van der Waals surface area (Å²) in [5.74, 6) is -0.0619. The highest BCUT2D eigenvalue weighted by Gasteiger charge is 2.30. The van der Waals surface area contributed by atoms with E-state index in [4.69, 9.17) is 4.42 Å². The molecule has 0 aliphatic rings. The van der Waals surface area contributed by atoms with Crippen LogP contribution >= 0.6 is 0 Å². The summed E-state index contributed by atoms with van der Waals surface area (Å²) in [7, 11) is -3.50. The van der Waals surface area contributed by atoms with Gasteiger partial charge in [0.15, 0.2) is 15.4 Å². The number of nitrogens with zero attached hydrogens (tertiary/aromatic N) is 1. The first-order chi connectivity index (χ1) is 12.3. The Bertz CT molecular complexity index is 1000. The quantitative estimate of drug-likeness (QED) is 0.738. The van der Waals surface area contributed by atoms with Crippen molar-refractivity contribution < 1.29 is 17.6 Å². The monoisotopic (exact) mass is 372 g/mol. The first-order valence-corrected chi connectivity index (χ1v) is 9.89. The number of carbonyl (C=O) groups is 1. The molecule has 1 heterocycles. The molecular weight excluding hydrogens is 352 g/mol. The smallest absolute Gasteiger partial charge is 0.242 e. The van der Waals surface area contributed by atoms with Gasteiger partial charge in [0.2, 0.25) is 11.8 Å². The Morgan fingerprint density at radius 3 is 2.31 bits per heavy atom. The second-order valence-electron chi connectivity index (χ2n) is 6.33. The number of rotatable bonds is 5. The van der Waals surface area contributed by atoms with Gasteiger partial charge < -0.3 is 9.73 Å². The van der Waals surface area contributed by atoms with Gasteiger partial charge in [0.1, 0.15) is 10.8 Å². The van der Waals surface area contributed by atoms with Gasteiger partial charge in [-0.25, -0.2) is 13.4 Å². The number of hydrogen-bond acceptors (Lipinski definition) is 5. The van der Waals surface area contributed by atoms with Gasteiger partial charge in [0.05, 0.1) is 5.25 Å². The van der Waals surface area contributed by atoms with Crippen LogP contribution in [-0.2, 0) is 14.6 Å². The van der Waals surface area contributed by atoms with Crippen LogP contribution in [0.1, 0.15) is 20.8 Å². The topological polar surface area (TPSA) is 89.3 Å². The van der Waals surface area contributed by atoms with Gasteiger partial charge in [-0.2, -0.15) is 0 Å². The number of carbonyl (C=O) groups excluding carboxylic acids is 1. The SMILES string of the molecule is CC(C)S(=O)(=O)[C@@H](C)C(=O)Nc1ccc(-c2nc3ccccc3o2)cc1. The van der Waals surface area contributed by atoms with Crippen LogP contribution in [0.2, 0.25) is 0 Å². The highest BCUT2D eigenvalue weighted by Crippen LogP contribution is 2.25. The lowest BCUT2D eigenvalue weighted by Gasteiger charge is -2.15. The first kappa shape index (κ1) is 18.1. The Balaban J connectivity index is 1.76. The molecule has 0 aliphatic carbocycles. The predicted octanol–water partition coefficient (Wildman–Crippen LogP) is 3.65. The van der Waals surface area contributed by atoms with Gasteiger partial charge in [-0.1, -0.05) is 12.1 Å².